The van der Waals surface area contributed by atoms with E-state index in [4.69, 9.17) is 0 Å². The Morgan fingerprint density at radius 2 is 2.10 bits per heavy atom. The van der Waals surface area contributed by atoms with Gasteiger partial charge in [-0.25, -0.2) is 0 Å². The van der Waals surface area contributed by atoms with E-state index in [1.165, 1.54) is 11.3 Å². The summed E-state index contributed by atoms with van der Waals surface area (Å²) in [6, 6.07) is 8.08. The summed E-state index contributed by atoms with van der Waals surface area (Å²) in [5.41, 5.74) is 6.70. The van der Waals surface area contributed by atoms with E-state index >= 15 is 0 Å². The third kappa shape index (κ3) is 3.73. The van der Waals surface area contributed by atoms with Crippen LogP contribution >= 0.6 is 0 Å². The number of rotatable bonds is 4. The Labute approximate surface area is 181 Å². The van der Waals surface area contributed by atoms with E-state index < -0.39 is 0 Å². The maximum atomic E-state index is 12.7. The van der Waals surface area contributed by atoms with Gasteiger partial charge in [-0.05, 0) is 49.3 Å². The van der Waals surface area contributed by atoms with Gasteiger partial charge in [0.05, 0.1) is 5.69 Å². The van der Waals surface area contributed by atoms with Gasteiger partial charge < -0.3 is 15.2 Å². The zero-order valence-electron chi connectivity index (χ0n) is 18.3. The van der Waals surface area contributed by atoms with Crippen molar-refractivity contribution in [2.75, 3.05) is 11.9 Å². The van der Waals surface area contributed by atoms with Gasteiger partial charge in [0, 0.05) is 53.8 Å². The molecule has 0 radical (unpaired) electrons. The number of hydrogen-bond acceptors (Lipinski definition) is 3. The van der Waals surface area contributed by atoms with Crippen molar-refractivity contribution in [3.8, 4) is 11.4 Å². The molecular weight excluding hydrogens is 390 g/mol. The molecule has 5 rings (SSSR count). The predicted octanol–water partition coefficient (Wildman–Crippen LogP) is 3.70. The van der Waals surface area contributed by atoms with Crippen molar-refractivity contribution in [2.24, 2.45) is 5.41 Å². The summed E-state index contributed by atoms with van der Waals surface area (Å²) in [5.74, 6) is 0.0345. The molecule has 3 aromatic rings. The average molecular weight is 420 g/mol. The molecule has 1 fully saturated rings. The summed E-state index contributed by atoms with van der Waals surface area (Å²) < 4.78 is 0. The van der Waals surface area contributed by atoms with Crippen LogP contribution in [-0.2, 0) is 22.4 Å². The van der Waals surface area contributed by atoms with Gasteiger partial charge in [-0.15, -0.1) is 0 Å². The summed E-state index contributed by atoms with van der Waals surface area (Å²) in [6.45, 7) is 4.61. The first-order valence-electron chi connectivity index (χ1n) is 11.0. The fourth-order valence-corrected chi connectivity index (χ4v) is 4.84. The van der Waals surface area contributed by atoms with Gasteiger partial charge in [0.15, 0.2) is 0 Å². The highest BCUT2D eigenvalue weighted by Gasteiger charge is 2.29. The number of fused-ring (bicyclic) bond motifs is 2. The van der Waals surface area contributed by atoms with Crippen molar-refractivity contribution >= 4 is 28.4 Å². The molecule has 1 saturated heterocycles. The zero-order chi connectivity index (χ0) is 21.8. The Kier molecular flexibility index (Phi) is 4.64. The quantitative estimate of drug-likeness (QED) is 0.602. The number of nitrogens with zero attached hydrogens (tertiary/aromatic N) is 2. The van der Waals surface area contributed by atoms with Crippen LogP contribution in [0.4, 0.5) is 5.69 Å². The van der Waals surface area contributed by atoms with Gasteiger partial charge in [0.25, 0.3) is 0 Å². The van der Waals surface area contributed by atoms with E-state index in [9.17, 15) is 9.59 Å². The summed E-state index contributed by atoms with van der Waals surface area (Å²) in [6.07, 6.45) is 4.77. The Hall–Kier alpha value is -3.09. The number of benzene rings is 1. The lowest BCUT2D eigenvalue weighted by molar-refractivity contribution is -0.119. The normalized spacial score (nSPS) is 20.0. The molecule has 31 heavy (non-hydrogen) atoms. The SMILES string of the molecule is CN(C(=O)CC1CCC(=O)N1)c1ccc2cc(-c3n[nH]c4c3CCC(C)(C)C4)[nH]c2c1. The molecule has 3 heterocycles. The fraction of sp³-hybridized carbons (Fsp3) is 0.458. The standard InChI is InChI=1S/C24H29N5O2/c1-24(2)9-8-17-20(13-24)27-28-23(17)19-10-14-4-6-16(12-18(14)26-19)29(3)22(31)11-15-5-7-21(30)25-15/h4,6,10,12,15,26H,5,7-9,11,13H2,1-3H3,(H,25,30)(H,27,28). The molecule has 1 aliphatic carbocycles. The number of carbonyl (C=O) groups excluding carboxylic acids is 2. The van der Waals surface area contributed by atoms with Crippen molar-refractivity contribution in [3.63, 3.8) is 0 Å². The lowest BCUT2D eigenvalue weighted by Crippen LogP contribution is -2.34. The number of hydrogen-bond donors (Lipinski definition) is 3. The van der Waals surface area contributed by atoms with Crippen LogP contribution in [0.5, 0.6) is 0 Å². The molecule has 162 valence electrons. The molecule has 2 aliphatic rings. The largest absolute Gasteiger partial charge is 0.353 e. The predicted molar refractivity (Wildman–Crippen MR) is 121 cm³/mol. The molecule has 7 nitrogen and oxygen atoms in total. The lowest BCUT2D eigenvalue weighted by atomic mass is 9.76. The molecule has 1 aromatic carbocycles. The molecule has 1 atom stereocenters. The van der Waals surface area contributed by atoms with Crippen LogP contribution in [0.2, 0.25) is 0 Å². The number of aromatic nitrogens is 3. The van der Waals surface area contributed by atoms with Gasteiger partial charge in [-0.2, -0.15) is 5.10 Å². The van der Waals surface area contributed by atoms with Crippen LogP contribution in [0.1, 0.15) is 50.8 Å². The highest BCUT2D eigenvalue weighted by Crippen LogP contribution is 2.38. The molecule has 7 heteroatoms. The van der Waals surface area contributed by atoms with E-state index in [1.54, 1.807) is 11.9 Å². The first kappa shape index (κ1) is 19.8. The molecule has 0 saturated carbocycles. The molecule has 3 N–H and O–H groups in total. The third-order valence-electron chi connectivity index (χ3n) is 6.79. The van der Waals surface area contributed by atoms with Crippen LogP contribution in [-0.4, -0.2) is 40.1 Å². The maximum absolute atomic E-state index is 12.7. The summed E-state index contributed by atoms with van der Waals surface area (Å²) in [5, 5.41) is 11.8. The number of nitrogens with one attached hydrogen (secondary N) is 3. The molecule has 1 unspecified atom stereocenters. The van der Waals surface area contributed by atoms with Crippen LogP contribution in [0.25, 0.3) is 22.3 Å². The van der Waals surface area contributed by atoms with Gasteiger partial charge in [0.2, 0.25) is 11.8 Å². The minimum Gasteiger partial charge on any atom is -0.353 e. The molecule has 2 amide bonds. The smallest absolute Gasteiger partial charge is 0.228 e. The van der Waals surface area contributed by atoms with E-state index in [2.05, 4.69) is 40.4 Å². The topological polar surface area (TPSA) is 93.9 Å². The van der Waals surface area contributed by atoms with Crippen molar-refractivity contribution in [1.82, 2.24) is 20.5 Å². The second kappa shape index (κ2) is 7.25. The van der Waals surface area contributed by atoms with Crippen LogP contribution in [0.15, 0.2) is 24.3 Å². The van der Waals surface area contributed by atoms with Crippen LogP contribution in [0.3, 0.4) is 0 Å². The molecule has 2 aromatic heterocycles. The number of aromatic amines is 2. The first-order chi connectivity index (χ1) is 14.8. The Bertz CT molecular complexity index is 1170. The Morgan fingerprint density at radius 3 is 2.87 bits per heavy atom. The molecule has 0 bridgehead atoms. The summed E-state index contributed by atoms with van der Waals surface area (Å²) >= 11 is 0. The maximum Gasteiger partial charge on any atom is 0.228 e. The summed E-state index contributed by atoms with van der Waals surface area (Å²) in [4.78, 5) is 29.3. The van der Waals surface area contributed by atoms with Gasteiger partial charge in [-0.3, -0.25) is 14.7 Å². The zero-order valence-corrected chi connectivity index (χ0v) is 18.3. The van der Waals surface area contributed by atoms with Crippen molar-refractivity contribution in [3.05, 3.63) is 35.5 Å². The first-order valence-corrected chi connectivity index (χ1v) is 11.0. The van der Waals surface area contributed by atoms with Crippen LogP contribution in [0, 0.1) is 5.41 Å². The molecule has 0 spiro atoms. The van der Waals surface area contributed by atoms with Crippen molar-refractivity contribution < 1.29 is 9.59 Å². The molecular formula is C24H29N5O2. The lowest BCUT2D eigenvalue weighted by Gasteiger charge is -2.28. The Morgan fingerprint density at radius 1 is 1.26 bits per heavy atom. The Balaban J connectivity index is 1.38. The number of anilines is 1. The average Bonchev–Trinajstić information content (AvgIpc) is 3.43. The van der Waals surface area contributed by atoms with E-state index in [-0.39, 0.29) is 17.9 Å². The number of carbonyl (C=O) groups is 2. The van der Waals surface area contributed by atoms with Gasteiger partial charge in [0.1, 0.15) is 5.69 Å². The highest BCUT2D eigenvalue weighted by molar-refractivity contribution is 5.97. The minimum atomic E-state index is -0.0564. The second-order valence-electron chi connectivity index (χ2n) is 9.78. The second-order valence-corrected chi connectivity index (χ2v) is 9.78. The highest BCUT2D eigenvalue weighted by atomic mass is 16.2. The molecule has 1 aliphatic heterocycles. The third-order valence-corrected chi connectivity index (χ3v) is 6.79. The van der Waals surface area contributed by atoms with Gasteiger partial charge in [-0.1, -0.05) is 19.9 Å². The van der Waals surface area contributed by atoms with E-state index in [0.29, 0.717) is 18.3 Å². The monoisotopic (exact) mass is 419 g/mol. The van der Waals surface area contributed by atoms with Crippen molar-refractivity contribution in [1.29, 1.82) is 0 Å². The number of amides is 2. The van der Waals surface area contributed by atoms with E-state index in [1.807, 2.05) is 18.2 Å². The minimum absolute atomic E-state index is 0.00214. The number of H-pyrrole nitrogens is 2. The van der Waals surface area contributed by atoms with E-state index in [0.717, 1.165) is 53.7 Å². The van der Waals surface area contributed by atoms with Crippen molar-refractivity contribution in [2.45, 2.75) is 58.4 Å². The van der Waals surface area contributed by atoms with Gasteiger partial charge >= 0.3 is 0 Å². The summed E-state index contributed by atoms with van der Waals surface area (Å²) in [7, 11) is 1.79. The van der Waals surface area contributed by atoms with Crippen LogP contribution < -0.4 is 10.2 Å². The fourth-order valence-electron chi connectivity index (χ4n) is 4.84.